The van der Waals surface area contributed by atoms with Gasteiger partial charge in [0.15, 0.2) is 0 Å². The normalized spacial score (nSPS) is 15.7. The van der Waals surface area contributed by atoms with Gasteiger partial charge in [-0.2, -0.15) is 13.2 Å². The number of aromatic nitrogens is 3. The summed E-state index contributed by atoms with van der Waals surface area (Å²) in [6.07, 6.45) is -1.16. The number of aryl methyl sites for hydroxylation is 1. The molecule has 4 aromatic rings. The number of halogens is 3. The molecule has 1 aliphatic rings. The third kappa shape index (κ3) is 4.78. The van der Waals surface area contributed by atoms with Crippen LogP contribution in [-0.2, 0) is 16.2 Å². The van der Waals surface area contributed by atoms with Crippen LogP contribution in [0.15, 0.2) is 65.1 Å². The maximum atomic E-state index is 13.5. The molecule has 0 saturated carbocycles. The number of ether oxygens (including phenoxy) is 1. The average molecular weight is 533 g/mol. The predicted octanol–water partition coefficient (Wildman–Crippen LogP) is 5.64. The molecule has 0 unspecified atom stereocenters. The van der Waals surface area contributed by atoms with Crippen LogP contribution in [0.5, 0.6) is 5.75 Å². The number of alkyl halides is 3. The summed E-state index contributed by atoms with van der Waals surface area (Å²) in [5, 5.41) is 2.48. The van der Waals surface area contributed by atoms with Crippen molar-refractivity contribution in [3.63, 3.8) is 0 Å². The van der Waals surface area contributed by atoms with Crippen molar-refractivity contribution in [2.75, 3.05) is 11.3 Å². The summed E-state index contributed by atoms with van der Waals surface area (Å²) in [5.74, 6) is -0.0272. The first kappa shape index (κ1) is 24.2. The Balaban J connectivity index is 1.55. The van der Waals surface area contributed by atoms with Crippen molar-refractivity contribution in [2.45, 2.75) is 30.3 Å². The Morgan fingerprint density at radius 2 is 1.83 bits per heavy atom. The van der Waals surface area contributed by atoms with Gasteiger partial charge in [-0.05, 0) is 43.2 Å². The number of thiazole rings is 1. The topological polar surface area (TPSA) is 94.1 Å². The lowest BCUT2D eigenvalue weighted by molar-refractivity contribution is -0.137. The van der Waals surface area contributed by atoms with E-state index in [0.29, 0.717) is 34.6 Å². The zero-order valence-corrected chi connectivity index (χ0v) is 20.4. The summed E-state index contributed by atoms with van der Waals surface area (Å²) in [7, 11) is -3.99. The van der Waals surface area contributed by atoms with Gasteiger partial charge in [-0.15, -0.1) is 11.3 Å². The highest BCUT2D eigenvalue weighted by molar-refractivity contribution is 7.92. The standard InChI is InChI=1S/C24H19F3N4O3S2/c1-14-30-21(13-35-14)20-11-15(24(25,26)27)3-5-17(20)18-7-10-34-22-12-16(4-6-19(18)22)36(32,33)31-23-28-8-2-9-29-23/h2-6,8-9,11-13,18H,7,10H2,1H3,(H,28,29,31)/t18-/m1/s1. The first-order valence-electron chi connectivity index (χ1n) is 10.8. The van der Waals surface area contributed by atoms with Crippen LogP contribution >= 0.6 is 11.3 Å². The van der Waals surface area contributed by atoms with Crippen LogP contribution < -0.4 is 9.46 Å². The number of rotatable bonds is 5. The molecular weight excluding hydrogens is 513 g/mol. The van der Waals surface area contributed by atoms with Crippen LogP contribution in [0, 0.1) is 6.92 Å². The Bertz CT molecular complexity index is 1520. The number of anilines is 1. The van der Waals surface area contributed by atoms with Crippen molar-refractivity contribution in [1.82, 2.24) is 15.0 Å². The van der Waals surface area contributed by atoms with Gasteiger partial charge in [0.1, 0.15) is 5.75 Å². The fourth-order valence-corrected chi connectivity index (χ4v) is 5.72. The van der Waals surface area contributed by atoms with Crippen LogP contribution in [0.4, 0.5) is 19.1 Å². The first-order chi connectivity index (χ1) is 17.1. The summed E-state index contributed by atoms with van der Waals surface area (Å²) in [6.45, 7) is 2.06. The smallest absolute Gasteiger partial charge is 0.416 e. The zero-order valence-electron chi connectivity index (χ0n) is 18.8. The highest BCUT2D eigenvalue weighted by Crippen LogP contribution is 2.44. The van der Waals surface area contributed by atoms with Crippen LogP contribution in [0.3, 0.4) is 0 Å². The number of nitrogens with zero attached hydrogens (tertiary/aromatic N) is 3. The molecule has 2 aromatic carbocycles. The van der Waals surface area contributed by atoms with Gasteiger partial charge in [0.2, 0.25) is 5.95 Å². The van der Waals surface area contributed by atoms with Crippen molar-refractivity contribution in [3.8, 4) is 17.0 Å². The fraction of sp³-hybridized carbons (Fsp3) is 0.208. The van der Waals surface area contributed by atoms with E-state index in [1.165, 1.54) is 41.9 Å². The molecule has 36 heavy (non-hydrogen) atoms. The highest BCUT2D eigenvalue weighted by Gasteiger charge is 2.33. The van der Waals surface area contributed by atoms with Gasteiger partial charge in [-0.1, -0.05) is 12.1 Å². The number of fused-ring (bicyclic) bond motifs is 1. The van der Waals surface area contributed by atoms with Gasteiger partial charge in [0, 0.05) is 40.9 Å². The minimum absolute atomic E-state index is 0.0443. The maximum absolute atomic E-state index is 13.5. The maximum Gasteiger partial charge on any atom is 0.416 e. The van der Waals surface area contributed by atoms with Gasteiger partial charge < -0.3 is 4.74 Å². The van der Waals surface area contributed by atoms with E-state index in [9.17, 15) is 21.6 Å². The Labute approximate surface area is 209 Å². The molecule has 5 rings (SSSR count). The molecule has 0 bridgehead atoms. The molecule has 7 nitrogen and oxygen atoms in total. The number of benzene rings is 2. The summed E-state index contributed by atoms with van der Waals surface area (Å²) in [6, 6.07) is 9.70. The van der Waals surface area contributed by atoms with Crippen molar-refractivity contribution >= 4 is 27.3 Å². The van der Waals surface area contributed by atoms with E-state index in [-0.39, 0.29) is 23.4 Å². The number of hydrogen-bond donors (Lipinski definition) is 1. The number of nitrogens with one attached hydrogen (secondary N) is 1. The van der Waals surface area contributed by atoms with Gasteiger partial charge in [-0.3, -0.25) is 0 Å². The van der Waals surface area contributed by atoms with Crippen LogP contribution in [0.25, 0.3) is 11.3 Å². The third-order valence-electron chi connectivity index (χ3n) is 5.78. The number of hydrogen-bond acceptors (Lipinski definition) is 7. The summed E-state index contributed by atoms with van der Waals surface area (Å²) in [5.41, 5.74) is 1.47. The van der Waals surface area contributed by atoms with E-state index in [0.717, 1.165) is 17.1 Å². The molecule has 12 heteroatoms. The quantitative estimate of drug-likeness (QED) is 0.357. The van der Waals surface area contributed by atoms with Gasteiger partial charge in [0.25, 0.3) is 10.0 Å². The summed E-state index contributed by atoms with van der Waals surface area (Å²) in [4.78, 5) is 12.1. The molecule has 0 saturated heterocycles. The molecule has 0 fully saturated rings. The monoisotopic (exact) mass is 532 g/mol. The Hall–Kier alpha value is -3.51. The van der Waals surface area contributed by atoms with Gasteiger partial charge >= 0.3 is 6.18 Å². The molecule has 0 amide bonds. The largest absolute Gasteiger partial charge is 0.493 e. The van der Waals surface area contributed by atoms with E-state index in [2.05, 4.69) is 19.7 Å². The second-order valence-corrected chi connectivity index (χ2v) is 10.9. The van der Waals surface area contributed by atoms with Crippen LogP contribution in [0.1, 0.15) is 34.0 Å². The molecule has 1 aliphatic heterocycles. The third-order valence-corrected chi connectivity index (χ3v) is 7.88. The molecule has 186 valence electrons. The van der Waals surface area contributed by atoms with Crippen molar-refractivity contribution in [3.05, 3.63) is 81.9 Å². The molecule has 3 heterocycles. The summed E-state index contributed by atoms with van der Waals surface area (Å²) < 4.78 is 74.3. The van der Waals surface area contributed by atoms with Crippen LogP contribution in [0.2, 0.25) is 0 Å². The van der Waals surface area contributed by atoms with E-state index < -0.39 is 21.8 Å². The Morgan fingerprint density at radius 1 is 1.08 bits per heavy atom. The second kappa shape index (κ2) is 9.17. The van der Waals surface area contributed by atoms with Crippen LogP contribution in [-0.4, -0.2) is 30.0 Å². The minimum atomic E-state index is -4.50. The lowest BCUT2D eigenvalue weighted by atomic mass is 9.83. The lowest BCUT2D eigenvalue weighted by Crippen LogP contribution is -2.19. The Kier molecular flexibility index (Phi) is 6.17. The van der Waals surface area contributed by atoms with Crippen molar-refractivity contribution in [1.29, 1.82) is 0 Å². The second-order valence-electron chi connectivity index (χ2n) is 8.12. The molecule has 1 atom stereocenters. The van der Waals surface area contributed by atoms with Crippen molar-refractivity contribution in [2.24, 2.45) is 0 Å². The molecule has 0 aliphatic carbocycles. The molecular formula is C24H19F3N4O3S2. The van der Waals surface area contributed by atoms with Crippen molar-refractivity contribution < 1.29 is 26.3 Å². The average Bonchev–Trinajstić information content (AvgIpc) is 3.29. The molecule has 0 radical (unpaired) electrons. The minimum Gasteiger partial charge on any atom is -0.493 e. The number of sulfonamides is 1. The zero-order chi connectivity index (χ0) is 25.5. The SMILES string of the molecule is Cc1nc(-c2cc(C(F)(F)F)ccc2[C@H]2CCOc3cc(S(=O)(=O)Nc4ncccn4)ccc32)cs1. The molecule has 2 aromatic heterocycles. The Morgan fingerprint density at radius 3 is 2.53 bits per heavy atom. The lowest BCUT2D eigenvalue weighted by Gasteiger charge is -2.28. The van der Waals surface area contributed by atoms with E-state index in [1.54, 1.807) is 24.4 Å². The summed E-state index contributed by atoms with van der Waals surface area (Å²) >= 11 is 1.36. The van der Waals surface area contributed by atoms with Gasteiger partial charge in [0.05, 0.1) is 27.8 Å². The molecule has 1 N–H and O–H groups in total. The predicted molar refractivity (Wildman–Crippen MR) is 129 cm³/mol. The van der Waals surface area contributed by atoms with E-state index in [4.69, 9.17) is 4.74 Å². The van der Waals surface area contributed by atoms with Gasteiger partial charge in [-0.25, -0.2) is 28.1 Å². The highest BCUT2D eigenvalue weighted by atomic mass is 32.2. The molecule has 0 spiro atoms. The van der Waals surface area contributed by atoms with E-state index >= 15 is 0 Å². The first-order valence-corrected chi connectivity index (χ1v) is 13.2. The van der Waals surface area contributed by atoms with E-state index in [1.807, 2.05) is 0 Å². The fourth-order valence-electron chi connectivity index (χ4n) is 4.14.